The van der Waals surface area contributed by atoms with Crippen molar-refractivity contribution in [2.75, 3.05) is 18.1 Å². The highest BCUT2D eigenvalue weighted by Crippen LogP contribution is 2.27. The molecule has 1 heterocycles. The number of hydrogen-bond acceptors (Lipinski definition) is 4. The Bertz CT molecular complexity index is 634. The van der Waals surface area contributed by atoms with Crippen LogP contribution in [0.15, 0.2) is 35.5 Å². The van der Waals surface area contributed by atoms with Crippen molar-refractivity contribution in [3.05, 3.63) is 46.9 Å². The number of nitrogens with one attached hydrogen (secondary N) is 2. The van der Waals surface area contributed by atoms with Gasteiger partial charge in [0.25, 0.3) is 0 Å². The van der Waals surface area contributed by atoms with Crippen molar-refractivity contribution in [3.8, 4) is 0 Å². The molecule has 0 unspecified atom stereocenters. The van der Waals surface area contributed by atoms with E-state index < -0.39 is 23.9 Å². The zero-order valence-electron chi connectivity index (χ0n) is 13.0. The number of amides is 2. The first-order chi connectivity index (χ1) is 11.0. The van der Waals surface area contributed by atoms with E-state index in [1.807, 2.05) is 6.92 Å². The molecular formula is C16H19FN2O3S. The quantitative estimate of drug-likeness (QED) is 0.618. The third kappa shape index (κ3) is 4.48. The van der Waals surface area contributed by atoms with Gasteiger partial charge in [-0.3, -0.25) is 0 Å². The van der Waals surface area contributed by atoms with Crippen molar-refractivity contribution in [3.63, 3.8) is 0 Å². The lowest BCUT2D eigenvalue weighted by Crippen LogP contribution is -2.45. The number of allylic oxidation sites excluding steroid dienone is 1. The van der Waals surface area contributed by atoms with Crippen molar-refractivity contribution in [1.82, 2.24) is 10.6 Å². The van der Waals surface area contributed by atoms with E-state index in [1.165, 1.54) is 18.2 Å². The van der Waals surface area contributed by atoms with Crippen molar-refractivity contribution in [2.24, 2.45) is 0 Å². The van der Waals surface area contributed by atoms with Crippen LogP contribution in [-0.4, -0.2) is 30.1 Å². The maximum absolute atomic E-state index is 13.5. The number of ether oxygens (including phenoxy) is 1. The molecule has 2 amide bonds. The van der Waals surface area contributed by atoms with E-state index in [0.717, 1.165) is 5.75 Å². The fraction of sp³-hybridized carbons (Fsp3) is 0.375. The van der Waals surface area contributed by atoms with E-state index >= 15 is 0 Å². The summed E-state index contributed by atoms with van der Waals surface area (Å²) in [5, 5.41) is 5.20. The van der Waals surface area contributed by atoms with Gasteiger partial charge in [-0.05, 0) is 30.4 Å². The number of halogens is 1. The molecule has 0 spiro atoms. The van der Waals surface area contributed by atoms with Crippen LogP contribution in [0.5, 0.6) is 0 Å². The summed E-state index contributed by atoms with van der Waals surface area (Å²) in [4.78, 5) is 24.1. The molecule has 0 fully saturated rings. The van der Waals surface area contributed by atoms with Crippen LogP contribution in [0, 0.1) is 5.82 Å². The molecule has 5 nitrogen and oxygen atoms in total. The lowest BCUT2D eigenvalue weighted by molar-refractivity contribution is -0.138. The largest absolute Gasteiger partial charge is 0.461 e. The molecule has 0 bridgehead atoms. The Kier molecular flexibility index (Phi) is 6.04. The number of hydrogen-bond donors (Lipinski definition) is 2. The van der Waals surface area contributed by atoms with Crippen molar-refractivity contribution in [2.45, 2.75) is 19.9 Å². The monoisotopic (exact) mass is 338 g/mol. The molecule has 1 aromatic rings. The maximum atomic E-state index is 13.5. The smallest absolute Gasteiger partial charge is 0.338 e. The summed E-state index contributed by atoms with van der Waals surface area (Å²) in [6.07, 6.45) is 0. The predicted molar refractivity (Wildman–Crippen MR) is 87.5 cm³/mol. The van der Waals surface area contributed by atoms with Gasteiger partial charge >= 0.3 is 12.0 Å². The number of esters is 1. The van der Waals surface area contributed by atoms with Crippen LogP contribution >= 0.6 is 11.8 Å². The minimum absolute atomic E-state index is 0.289. The van der Waals surface area contributed by atoms with Crippen LogP contribution in [0.2, 0.25) is 0 Å². The average Bonchev–Trinajstić information content (AvgIpc) is 2.50. The van der Waals surface area contributed by atoms with Crippen LogP contribution < -0.4 is 10.6 Å². The highest BCUT2D eigenvalue weighted by Gasteiger charge is 2.32. The standard InChI is InChI=1S/C16H19FN2O3S/c1-3-23-8-7-22-15(20)13-10(2)18-16(21)19-14(13)11-5-4-6-12(17)9-11/h4-6,9,14H,3,7-8H2,1-2H3,(H2,18,19,21)/t14-/m1/s1. The predicted octanol–water partition coefficient (Wildman–Crippen LogP) is 2.75. The first kappa shape index (κ1) is 17.3. The number of urea groups is 1. The van der Waals surface area contributed by atoms with E-state index in [-0.39, 0.29) is 12.2 Å². The van der Waals surface area contributed by atoms with Gasteiger partial charge in [-0.2, -0.15) is 11.8 Å². The lowest BCUT2D eigenvalue weighted by atomic mass is 9.95. The molecule has 0 saturated heterocycles. The zero-order valence-corrected chi connectivity index (χ0v) is 13.8. The van der Waals surface area contributed by atoms with E-state index in [9.17, 15) is 14.0 Å². The van der Waals surface area contributed by atoms with E-state index in [0.29, 0.717) is 17.0 Å². The molecule has 7 heteroatoms. The maximum Gasteiger partial charge on any atom is 0.338 e. The number of benzene rings is 1. The summed E-state index contributed by atoms with van der Waals surface area (Å²) in [6.45, 7) is 3.94. The third-order valence-corrected chi connectivity index (χ3v) is 4.20. The second kappa shape index (κ2) is 8.01. The van der Waals surface area contributed by atoms with Crippen molar-refractivity contribution in [1.29, 1.82) is 0 Å². The van der Waals surface area contributed by atoms with Gasteiger partial charge in [-0.25, -0.2) is 14.0 Å². The van der Waals surface area contributed by atoms with Crippen molar-refractivity contribution < 1.29 is 18.7 Å². The van der Waals surface area contributed by atoms with Gasteiger partial charge in [0.15, 0.2) is 0 Å². The van der Waals surface area contributed by atoms with E-state index in [4.69, 9.17) is 4.74 Å². The fourth-order valence-electron chi connectivity index (χ4n) is 2.32. The lowest BCUT2D eigenvalue weighted by Gasteiger charge is -2.28. The first-order valence-corrected chi connectivity index (χ1v) is 8.47. The molecule has 0 aromatic heterocycles. The summed E-state index contributed by atoms with van der Waals surface area (Å²) in [5.41, 5.74) is 1.20. The number of rotatable bonds is 6. The Hall–Kier alpha value is -2.02. The highest BCUT2D eigenvalue weighted by molar-refractivity contribution is 7.99. The molecule has 2 rings (SSSR count). The SMILES string of the molecule is CCSCCOC(=O)C1=C(C)NC(=O)N[C@@H]1c1cccc(F)c1. The summed E-state index contributed by atoms with van der Waals surface area (Å²) in [6, 6.07) is 4.63. The van der Waals surface area contributed by atoms with Crippen LogP contribution in [0.4, 0.5) is 9.18 Å². The Morgan fingerprint density at radius 2 is 2.22 bits per heavy atom. The molecule has 0 aliphatic carbocycles. The Labute approximate surface area is 138 Å². The molecule has 124 valence electrons. The second-order valence-electron chi connectivity index (χ2n) is 4.96. The van der Waals surface area contributed by atoms with E-state index in [1.54, 1.807) is 24.8 Å². The molecule has 0 radical (unpaired) electrons. The van der Waals surface area contributed by atoms with Gasteiger partial charge in [-0.15, -0.1) is 0 Å². The van der Waals surface area contributed by atoms with Gasteiger partial charge in [0.05, 0.1) is 11.6 Å². The topological polar surface area (TPSA) is 67.4 Å². The minimum Gasteiger partial charge on any atom is -0.461 e. The van der Waals surface area contributed by atoms with Crippen molar-refractivity contribution >= 4 is 23.8 Å². The minimum atomic E-state index is -0.731. The Morgan fingerprint density at radius 1 is 1.43 bits per heavy atom. The Morgan fingerprint density at radius 3 is 2.91 bits per heavy atom. The normalized spacial score (nSPS) is 17.5. The van der Waals surface area contributed by atoms with Gasteiger partial charge in [-0.1, -0.05) is 19.1 Å². The van der Waals surface area contributed by atoms with Gasteiger partial charge in [0.1, 0.15) is 12.4 Å². The number of thioether (sulfide) groups is 1. The molecule has 23 heavy (non-hydrogen) atoms. The van der Waals surface area contributed by atoms with Crippen LogP contribution in [0.1, 0.15) is 25.5 Å². The average molecular weight is 338 g/mol. The zero-order chi connectivity index (χ0) is 16.8. The molecule has 1 aromatic carbocycles. The van der Waals surface area contributed by atoms with E-state index in [2.05, 4.69) is 10.6 Å². The van der Waals surface area contributed by atoms with Gasteiger partial charge in [0, 0.05) is 11.4 Å². The summed E-state index contributed by atoms with van der Waals surface area (Å²) < 4.78 is 18.7. The summed E-state index contributed by atoms with van der Waals surface area (Å²) in [7, 11) is 0. The first-order valence-electron chi connectivity index (χ1n) is 7.31. The van der Waals surface area contributed by atoms with Crippen LogP contribution in [0.25, 0.3) is 0 Å². The fourth-order valence-corrected chi connectivity index (χ4v) is 2.81. The molecular weight excluding hydrogens is 319 g/mol. The molecule has 1 atom stereocenters. The van der Waals surface area contributed by atoms with Gasteiger partial charge in [0.2, 0.25) is 0 Å². The summed E-state index contributed by atoms with van der Waals surface area (Å²) in [5.74, 6) is 0.711. The third-order valence-electron chi connectivity index (χ3n) is 3.34. The highest BCUT2D eigenvalue weighted by atomic mass is 32.2. The molecule has 1 aliphatic heterocycles. The van der Waals surface area contributed by atoms with Gasteiger partial charge < -0.3 is 15.4 Å². The molecule has 0 saturated carbocycles. The number of carbonyl (C=O) groups excluding carboxylic acids is 2. The molecule has 2 N–H and O–H groups in total. The summed E-state index contributed by atoms with van der Waals surface area (Å²) >= 11 is 1.67. The number of carbonyl (C=O) groups is 2. The van der Waals surface area contributed by atoms with Crippen LogP contribution in [0.3, 0.4) is 0 Å². The Balaban J connectivity index is 2.22. The van der Waals surface area contributed by atoms with Crippen LogP contribution in [-0.2, 0) is 9.53 Å². The molecule has 1 aliphatic rings. The second-order valence-corrected chi connectivity index (χ2v) is 6.35.